The molecule has 1 aromatic rings. The van der Waals surface area contributed by atoms with Crippen molar-refractivity contribution in [2.75, 3.05) is 13.2 Å². The van der Waals surface area contributed by atoms with Crippen molar-refractivity contribution in [2.24, 2.45) is 0 Å². The zero-order valence-electron chi connectivity index (χ0n) is 14.1. The Hall–Kier alpha value is -2.23. The van der Waals surface area contributed by atoms with Gasteiger partial charge in [0.1, 0.15) is 0 Å². The van der Waals surface area contributed by atoms with Crippen molar-refractivity contribution in [1.82, 2.24) is 0 Å². The fourth-order valence-electron chi connectivity index (χ4n) is 1.75. The molecule has 8 nitrogen and oxygen atoms in total. The Bertz CT molecular complexity index is 749. The third kappa shape index (κ3) is 5.96. The van der Waals surface area contributed by atoms with Gasteiger partial charge in [0.25, 0.3) is 0 Å². The van der Waals surface area contributed by atoms with E-state index in [9.17, 15) is 23.1 Å². The average molecular weight is 372 g/mol. The largest absolute Gasteiger partial charge is 0.462 e. The van der Waals surface area contributed by atoms with Gasteiger partial charge in [-0.3, -0.25) is 4.18 Å². The minimum Gasteiger partial charge on any atom is -0.462 e. The van der Waals surface area contributed by atoms with Gasteiger partial charge in [-0.1, -0.05) is 12.1 Å². The first-order chi connectivity index (χ1) is 11.7. The van der Waals surface area contributed by atoms with Crippen LogP contribution in [0.5, 0.6) is 5.75 Å². The van der Waals surface area contributed by atoms with Gasteiger partial charge in [0, 0.05) is 6.08 Å². The van der Waals surface area contributed by atoms with E-state index in [4.69, 9.17) is 13.7 Å². The molecule has 25 heavy (non-hydrogen) atoms. The standard InChI is InChI=1S/C16H20O8S/c1-4-7-14(18)24-13-9-6-8-12(16(19)22-5-2)15(13)25(20,21)23-10-11(3)17/h4,6-9,11,17H,5,10H2,1-3H3. The molecule has 1 atom stereocenters. The highest BCUT2D eigenvalue weighted by molar-refractivity contribution is 7.87. The number of aliphatic hydroxyl groups excluding tert-OH is 1. The maximum Gasteiger partial charge on any atom is 0.339 e. The summed E-state index contributed by atoms with van der Waals surface area (Å²) in [7, 11) is -4.50. The Morgan fingerprint density at radius 2 is 2.00 bits per heavy atom. The van der Waals surface area contributed by atoms with Crippen molar-refractivity contribution in [3.8, 4) is 5.75 Å². The molecule has 0 aliphatic carbocycles. The highest BCUT2D eigenvalue weighted by atomic mass is 32.2. The molecule has 1 rings (SSSR count). The van der Waals surface area contributed by atoms with E-state index in [1.165, 1.54) is 31.2 Å². The lowest BCUT2D eigenvalue weighted by atomic mass is 10.2. The van der Waals surface area contributed by atoms with Crippen LogP contribution in [-0.2, 0) is 23.8 Å². The minimum absolute atomic E-state index is 0.0233. The number of carbonyl (C=O) groups excluding carboxylic acids is 2. The monoisotopic (exact) mass is 372 g/mol. The fraction of sp³-hybridized carbons (Fsp3) is 0.375. The van der Waals surface area contributed by atoms with Crippen LogP contribution in [0.1, 0.15) is 31.1 Å². The average Bonchev–Trinajstić information content (AvgIpc) is 2.53. The number of allylic oxidation sites excluding steroid dienone is 1. The Balaban J connectivity index is 3.45. The molecule has 0 spiro atoms. The first kappa shape index (κ1) is 20.8. The van der Waals surface area contributed by atoms with Gasteiger partial charge in [0.05, 0.1) is 24.9 Å². The zero-order valence-corrected chi connectivity index (χ0v) is 14.9. The van der Waals surface area contributed by atoms with Crippen LogP contribution < -0.4 is 4.74 Å². The summed E-state index contributed by atoms with van der Waals surface area (Å²) in [6.07, 6.45) is 1.44. The molecule has 0 saturated carbocycles. The van der Waals surface area contributed by atoms with E-state index in [1.54, 1.807) is 13.8 Å². The quantitative estimate of drug-likeness (QED) is 0.315. The lowest BCUT2D eigenvalue weighted by molar-refractivity contribution is -0.129. The van der Waals surface area contributed by atoms with Crippen molar-refractivity contribution in [3.63, 3.8) is 0 Å². The van der Waals surface area contributed by atoms with Crippen LogP contribution in [0.15, 0.2) is 35.2 Å². The smallest absolute Gasteiger partial charge is 0.339 e. The maximum absolute atomic E-state index is 12.5. The van der Waals surface area contributed by atoms with Crippen molar-refractivity contribution < 1.29 is 36.8 Å². The number of carbonyl (C=O) groups is 2. The molecule has 0 aliphatic rings. The van der Waals surface area contributed by atoms with Crippen LogP contribution >= 0.6 is 0 Å². The molecule has 0 aromatic heterocycles. The molecular weight excluding hydrogens is 352 g/mol. The molecular formula is C16H20O8S. The van der Waals surface area contributed by atoms with Crippen LogP contribution in [0.2, 0.25) is 0 Å². The molecule has 1 unspecified atom stereocenters. The third-order valence-electron chi connectivity index (χ3n) is 2.70. The summed E-state index contributed by atoms with van der Waals surface area (Å²) in [5, 5.41) is 9.23. The number of rotatable bonds is 8. The first-order valence-electron chi connectivity index (χ1n) is 7.45. The van der Waals surface area contributed by atoms with Gasteiger partial charge in [-0.2, -0.15) is 8.42 Å². The topological polar surface area (TPSA) is 116 Å². The molecule has 9 heteroatoms. The van der Waals surface area contributed by atoms with E-state index in [1.807, 2.05) is 0 Å². The van der Waals surface area contributed by atoms with Gasteiger partial charge in [0.2, 0.25) is 0 Å². The number of ether oxygens (including phenoxy) is 2. The highest BCUT2D eigenvalue weighted by Gasteiger charge is 2.30. The molecule has 0 amide bonds. The number of esters is 2. The predicted octanol–water partition coefficient (Wildman–Crippen LogP) is 1.43. The second-order valence-electron chi connectivity index (χ2n) is 4.86. The van der Waals surface area contributed by atoms with Crippen LogP contribution in [0, 0.1) is 0 Å². The fourth-order valence-corrected chi connectivity index (χ4v) is 3.02. The summed E-state index contributed by atoms with van der Waals surface area (Å²) in [4.78, 5) is 23.1. The van der Waals surface area contributed by atoms with E-state index < -0.39 is 39.7 Å². The van der Waals surface area contributed by atoms with Crippen LogP contribution in [0.25, 0.3) is 0 Å². The molecule has 0 bridgehead atoms. The molecule has 0 aliphatic heterocycles. The summed E-state index contributed by atoms with van der Waals surface area (Å²) in [5.74, 6) is -2.11. The number of aliphatic hydroxyl groups is 1. The van der Waals surface area contributed by atoms with Crippen molar-refractivity contribution in [3.05, 3.63) is 35.9 Å². The zero-order chi connectivity index (χ0) is 19.0. The summed E-state index contributed by atoms with van der Waals surface area (Å²) >= 11 is 0. The van der Waals surface area contributed by atoms with E-state index in [2.05, 4.69) is 0 Å². The summed E-state index contributed by atoms with van der Waals surface area (Å²) in [6.45, 7) is 3.97. The normalized spacial score (nSPS) is 12.8. The van der Waals surface area contributed by atoms with E-state index in [0.29, 0.717) is 0 Å². The van der Waals surface area contributed by atoms with Crippen LogP contribution in [0.3, 0.4) is 0 Å². The summed E-state index contributed by atoms with van der Waals surface area (Å²) < 4.78 is 39.5. The molecule has 0 radical (unpaired) electrons. The van der Waals surface area contributed by atoms with Crippen molar-refractivity contribution in [2.45, 2.75) is 31.8 Å². The molecule has 1 aromatic carbocycles. The van der Waals surface area contributed by atoms with Gasteiger partial charge in [-0.05, 0) is 32.9 Å². The van der Waals surface area contributed by atoms with Crippen LogP contribution in [0.4, 0.5) is 0 Å². The summed E-state index contributed by atoms with van der Waals surface area (Å²) in [6, 6.07) is 3.77. The van der Waals surface area contributed by atoms with E-state index in [-0.39, 0.29) is 17.9 Å². The second-order valence-corrected chi connectivity index (χ2v) is 6.41. The van der Waals surface area contributed by atoms with E-state index in [0.717, 1.165) is 6.08 Å². The van der Waals surface area contributed by atoms with Crippen molar-refractivity contribution >= 4 is 22.1 Å². The number of benzene rings is 1. The molecule has 138 valence electrons. The SMILES string of the molecule is CC=CC(=O)Oc1cccc(C(=O)OCC)c1S(=O)(=O)OCC(C)O. The van der Waals surface area contributed by atoms with Gasteiger partial charge in [0.15, 0.2) is 10.6 Å². The first-order valence-corrected chi connectivity index (χ1v) is 8.85. The lowest BCUT2D eigenvalue weighted by Gasteiger charge is -2.14. The Kier molecular flexibility index (Phi) is 7.75. The lowest BCUT2D eigenvalue weighted by Crippen LogP contribution is -2.20. The Labute approximate surface area is 146 Å². The molecule has 1 N–H and O–H groups in total. The van der Waals surface area contributed by atoms with Gasteiger partial charge < -0.3 is 14.6 Å². The van der Waals surface area contributed by atoms with Gasteiger partial charge in [-0.15, -0.1) is 0 Å². The van der Waals surface area contributed by atoms with Crippen LogP contribution in [-0.4, -0.2) is 44.8 Å². The van der Waals surface area contributed by atoms with Gasteiger partial charge >= 0.3 is 22.1 Å². The second kappa shape index (κ2) is 9.30. The Morgan fingerprint density at radius 3 is 2.56 bits per heavy atom. The molecule has 0 fully saturated rings. The number of hydrogen-bond donors (Lipinski definition) is 1. The Morgan fingerprint density at radius 1 is 1.32 bits per heavy atom. The summed E-state index contributed by atoms with van der Waals surface area (Å²) in [5.41, 5.74) is -0.335. The van der Waals surface area contributed by atoms with Gasteiger partial charge in [-0.25, -0.2) is 9.59 Å². The predicted molar refractivity (Wildman–Crippen MR) is 87.7 cm³/mol. The highest BCUT2D eigenvalue weighted by Crippen LogP contribution is 2.30. The minimum atomic E-state index is -4.50. The maximum atomic E-state index is 12.5. The third-order valence-corrected chi connectivity index (χ3v) is 4.07. The van der Waals surface area contributed by atoms with E-state index >= 15 is 0 Å². The molecule has 0 saturated heterocycles. The molecule has 0 heterocycles. The van der Waals surface area contributed by atoms with Crippen molar-refractivity contribution in [1.29, 1.82) is 0 Å². The number of hydrogen-bond acceptors (Lipinski definition) is 8.